The molecular weight excluding hydrogens is 314 g/mol. The highest BCUT2D eigenvalue weighted by Crippen LogP contribution is 2.38. The Bertz CT molecular complexity index is 743. The Morgan fingerprint density at radius 2 is 1.96 bits per heavy atom. The number of hydrogen-bond acceptors (Lipinski definition) is 4. The molecule has 1 aromatic heterocycles. The first kappa shape index (κ1) is 15.5. The van der Waals surface area contributed by atoms with E-state index >= 15 is 0 Å². The van der Waals surface area contributed by atoms with E-state index < -0.39 is 18.0 Å². The van der Waals surface area contributed by atoms with E-state index in [0.717, 1.165) is 10.4 Å². The number of benzene rings is 1. The van der Waals surface area contributed by atoms with Crippen LogP contribution < -0.4 is 16.4 Å². The van der Waals surface area contributed by atoms with Gasteiger partial charge in [-0.3, -0.25) is 10.1 Å². The molecule has 1 aliphatic rings. The molecule has 23 heavy (non-hydrogen) atoms. The normalized spacial score (nSPS) is 16.5. The number of anilines is 2. The van der Waals surface area contributed by atoms with E-state index in [2.05, 4.69) is 10.6 Å². The number of urea groups is 1. The summed E-state index contributed by atoms with van der Waals surface area (Å²) in [5.41, 5.74) is 7.35. The number of aliphatic hydroxyl groups excluding tert-OH is 1. The minimum Gasteiger partial charge on any atom is -0.393 e. The van der Waals surface area contributed by atoms with Crippen LogP contribution in [0.1, 0.15) is 27.2 Å². The van der Waals surface area contributed by atoms with E-state index in [1.807, 2.05) is 18.2 Å². The molecule has 0 radical (unpaired) electrons. The van der Waals surface area contributed by atoms with Crippen LogP contribution in [0.5, 0.6) is 0 Å². The summed E-state index contributed by atoms with van der Waals surface area (Å²) in [6.45, 7) is 0. The molecule has 0 aliphatic heterocycles. The first-order valence-electron chi connectivity index (χ1n) is 7.30. The number of carbonyl (C=O) groups excluding carboxylic acids is 2. The number of rotatable bonds is 3. The molecule has 1 atom stereocenters. The van der Waals surface area contributed by atoms with Gasteiger partial charge in [-0.15, -0.1) is 11.3 Å². The standard InChI is InChI=1S/C16H17N3O3S/c17-14(21)13-11-7-6-10(20)8-12(11)23-15(13)19-16(22)18-9-4-2-1-3-5-9/h1-5,10,20H,6-8H2,(H2,17,21)(H2,18,19,22)/t10-/m0/s1. The zero-order chi connectivity index (χ0) is 16.4. The van der Waals surface area contributed by atoms with Crippen molar-refractivity contribution in [1.82, 2.24) is 0 Å². The predicted molar refractivity (Wildman–Crippen MR) is 90.0 cm³/mol. The van der Waals surface area contributed by atoms with Crippen LogP contribution in [0.15, 0.2) is 30.3 Å². The van der Waals surface area contributed by atoms with Gasteiger partial charge in [0, 0.05) is 17.0 Å². The van der Waals surface area contributed by atoms with Crippen LogP contribution in [0, 0.1) is 0 Å². The van der Waals surface area contributed by atoms with Crippen molar-refractivity contribution in [3.63, 3.8) is 0 Å². The zero-order valence-corrected chi connectivity index (χ0v) is 13.2. The summed E-state index contributed by atoms with van der Waals surface area (Å²) in [6.07, 6.45) is 1.27. The van der Waals surface area contributed by atoms with E-state index in [-0.39, 0.29) is 0 Å². The number of nitrogens with one attached hydrogen (secondary N) is 2. The van der Waals surface area contributed by atoms with Crippen molar-refractivity contribution in [3.05, 3.63) is 46.3 Å². The first-order valence-corrected chi connectivity index (χ1v) is 8.11. The molecule has 3 amide bonds. The number of nitrogens with two attached hydrogens (primary N) is 1. The van der Waals surface area contributed by atoms with E-state index in [0.29, 0.717) is 35.5 Å². The lowest BCUT2D eigenvalue weighted by atomic mass is 9.93. The van der Waals surface area contributed by atoms with E-state index in [1.165, 1.54) is 11.3 Å². The Kier molecular flexibility index (Phi) is 4.31. The molecule has 0 saturated heterocycles. The van der Waals surface area contributed by atoms with Crippen molar-refractivity contribution >= 4 is 34.0 Å². The second-order valence-electron chi connectivity index (χ2n) is 5.41. The van der Waals surface area contributed by atoms with E-state index in [9.17, 15) is 14.7 Å². The number of amides is 3. The Balaban J connectivity index is 1.82. The van der Waals surface area contributed by atoms with E-state index in [4.69, 9.17) is 5.73 Å². The van der Waals surface area contributed by atoms with Gasteiger partial charge in [-0.2, -0.15) is 0 Å². The maximum atomic E-state index is 12.1. The van der Waals surface area contributed by atoms with Crippen LogP contribution in [0.25, 0.3) is 0 Å². The summed E-state index contributed by atoms with van der Waals surface area (Å²) >= 11 is 1.30. The Morgan fingerprint density at radius 3 is 2.65 bits per heavy atom. The summed E-state index contributed by atoms with van der Waals surface area (Å²) in [5, 5.41) is 15.6. The quantitative estimate of drug-likeness (QED) is 0.694. The van der Waals surface area contributed by atoms with Gasteiger partial charge >= 0.3 is 6.03 Å². The smallest absolute Gasteiger partial charge is 0.324 e. The van der Waals surface area contributed by atoms with Crippen LogP contribution in [-0.2, 0) is 12.8 Å². The molecule has 1 heterocycles. The lowest BCUT2D eigenvalue weighted by molar-refractivity contribution is 0.0999. The third-order valence-corrected chi connectivity index (χ3v) is 4.91. The van der Waals surface area contributed by atoms with Gasteiger partial charge < -0.3 is 16.2 Å². The lowest BCUT2D eigenvalue weighted by Crippen LogP contribution is -2.23. The highest BCUT2D eigenvalue weighted by molar-refractivity contribution is 7.17. The highest BCUT2D eigenvalue weighted by atomic mass is 32.1. The van der Waals surface area contributed by atoms with Gasteiger partial charge in [-0.05, 0) is 30.5 Å². The topological polar surface area (TPSA) is 104 Å². The summed E-state index contributed by atoms with van der Waals surface area (Å²) in [7, 11) is 0. The van der Waals surface area contributed by atoms with Crippen molar-refractivity contribution in [2.75, 3.05) is 10.6 Å². The number of carbonyl (C=O) groups is 2. The summed E-state index contributed by atoms with van der Waals surface area (Å²) in [5.74, 6) is -0.561. The zero-order valence-electron chi connectivity index (χ0n) is 12.3. The lowest BCUT2D eigenvalue weighted by Gasteiger charge is -2.17. The minimum atomic E-state index is -0.561. The molecule has 0 fully saturated rings. The summed E-state index contributed by atoms with van der Waals surface area (Å²) in [4.78, 5) is 24.8. The number of para-hydroxylation sites is 1. The van der Waals surface area contributed by atoms with Gasteiger partial charge in [0.25, 0.3) is 5.91 Å². The molecule has 7 heteroatoms. The number of thiophene rings is 1. The molecule has 2 aromatic rings. The minimum absolute atomic E-state index is 0.361. The average molecular weight is 331 g/mol. The van der Waals surface area contributed by atoms with Gasteiger partial charge in [0.15, 0.2) is 0 Å². The molecule has 0 unspecified atom stereocenters. The van der Waals surface area contributed by atoms with Crippen molar-refractivity contribution < 1.29 is 14.7 Å². The fourth-order valence-corrected chi connectivity index (χ4v) is 4.02. The maximum absolute atomic E-state index is 12.1. The van der Waals surface area contributed by atoms with Gasteiger partial charge in [0.05, 0.1) is 11.7 Å². The SMILES string of the molecule is NC(=O)c1c(NC(=O)Nc2ccccc2)sc2c1CC[C@H](O)C2. The highest BCUT2D eigenvalue weighted by Gasteiger charge is 2.27. The van der Waals surface area contributed by atoms with E-state index in [1.54, 1.807) is 12.1 Å². The number of fused-ring (bicyclic) bond motifs is 1. The molecule has 0 saturated carbocycles. The monoisotopic (exact) mass is 331 g/mol. The fourth-order valence-electron chi connectivity index (χ4n) is 2.70. The number of aliphatic hydroxyl groups is 1. The van der Waals surface area contributed by atoms with Gasteiger partial charge in [0.1, 0.15) is 5.00 Å². The second-order valence-corrected chi connectivity index (χ2v) is 6.52. The van der Waals surface area contributed by atoms with Crippen LogP contribution in [0.4, 0.5) is 15.5 Å². The summed E-state index contributed by atoms with van der Waals surface area (Å²) in [6, 6.07) is 8.59. The average Bonchev–Trinajstić information content (AvgIpc) is 2.84. The van der Waals surface area contributed by atoms with Crippen LogP contribution >= 0.6 is 11.3 Å². The molecule has 1 aliphatic carbocycles. The Morgan fingerprint density at radius 1 is 1.22 bits per heavy atom. The van der Waals surface area contributed by atoms with Crippen molar-refractivity contribution in [3.8, 4) is 0 Å². The van der Waals surface area contributed by atoms with Crippen LogP contribution in [0.2, 0.25) is 0 Å². The molecule has 5 N–H and O–H groups in total. The van der Waals surface area contributed by atoms with Crippen LogP contribution in [-0.4, -0.2) is 23.1 Å². The fraction of sp³-hybridized carbons (Fsp3) is 0.250. The van der Waals surface area contributed by atoms with Gasteiger partial charge in [-0.25, -0.2) is 4.79 Å². The number of hydrogen-bond donors (Lipinski definition) is 4. The van der Waals surface area contributed by atoms with Crippen molar-refractivity contribution in [2.24, 2.45) is 5.73 Å². The maximum Gasteiger partial charge on any atom is 0.324 e. The molecule has 120 valence electrons. The first-order chi connectivity index (χ1) is 11.0. The van der Waals surface area contributed by atoms with Crippen molar-refractivity contribution in [2.45, 2.75) is 25.4 Å². The van der Waals surface area contributed by atoms with Gasteiger partial charge in [-0.1, -0.05) is 18.2 Å². The molecule has 1 aromatic carbocycles. The largest absolute Gasteiger partial charge is 0.393 e. The number of primary amides is 1. The Hall–Kier alpha value is -2.38. The van der Waals surface area contributed by atoms with Crippen LogP contribution in [0.3, 0.4) is 0 Å². The molecular formula is C16H17N3O3S. The second kappa shape index (κ2) is 6.39. The van der Waals surface area contributed by atoms with Crippen molar-refractivity contribution in [1.29, 1.82) is 0 Å². The Labute approximate surface area is 137 Å². The third-order valence-electron chi connectivity index (χ3n) is 3.74. The molecule has 0 spiro atoms. The predicted octanol–water partition coefficient (Wildman–Crippen LogP) is 2.34. The third kappa shape index (κ3) is 3.35. The summed E-state index contributed by atoms with van der Waals surface area (Å²) < 4.78 is 0. The molecule has 0 bridgehead atoms. The molecule has 3 rings (SSSR count). The molecule has 6 nitrogen and oxygen atoms in total. The van der Waals surface area contributed by atoms with Gasteiger partial charge in [0.2, 0.25) is 0 Å².